The molecule has 0 bridgehead atoms. The summed E-state index contributed by atoms with van der Waals surface area (Å²) in [7, 11) is 0. The molecule has 1 fully saturated rings. The Morgan fingerprint density at radius 2 is 2.38 bits per heavy atom. The van der Waals surface area contributed by atoms with Gasteiger partial charge in [0.25, 0.3) is 5.91 Å². The van der Waals surface area contributed by atoms with E-state index in [1.54, 1.807) is 4.90 Å². The third-order valence-electron chi connectivity index (χ3n) is 4.24. The largest absolute Gasteiger partial charge is 0.393 e. The first-order valence-corrected chi connectivity index (χ1v) is 8.19. The number of aryl methyl sites for hydroxylation is 1. The molecule has 128 valence electrons. The van der Waals surface area contributed by atoms with Gasteiger partial charge < -0.3 is 14.7 Å². The van der Waals surface area contributed by atoms with Crippen LogP contribution in [-0.2, 0) is 11.2 Å². The second kappa shape index (κ2) is 6.93. The summed E-state index contributed by atoms with van der Waals surface area (Å²) in [6.07, 6.45) is 1.94. The molecule has 1 aliphatic heterocycles. The minimum Gasteiger partial charge on any atom is -0.393 e. The van der Waals surface area contributed by atoms with Crippen LogP contribution in [0.4, 0.5) is 0 Å². The molecule has 1 unspecified atom stereocenters. The SMILES string of the molecule is Cc1cccc(CC2(CO)CN(C(=O)c3[nH]ncc3Cl)CCO2)c1. The fourth-order valence-electron chi connectivity index (χ4n) is 3.05. The van der Waals surface area contributed by atoms with Crippen LogP contribution in [0.3, 0.4) is 0 Å². The zero-order valence-corrected chi connectivity index (χ0v) is 14.2. The minimum absolute atomic E-state index is 0.165. The van der Waals surface area contributed by atoms with Gasteiger partial charge in [0, 0.05) is 13.0 Å². The third kappa shape index (κ3) is 3.45. The molecule has 0 saturated carbocycles. The molecule has 0 radical (unpaired) electrons. The molecule has 1 atom stereocenters. The summed E-state index contributed by atoms with van der Waals surface area (Å²) >= 11 is 5.98. The van der Waals surface area contributed by atoms with E-state index in [0.29, 0.717) is 31.1 Å². The van der Waals surface area contributed by atoms with Crippen molar-refractivity contribution in [2.24, 2.45) is 0 Å². The third-order valence-corrected chi connectivity index (χ3v) is 4.53. The number of benzene rings is 1. The van der Waals surface area contributed by atoms with Gasteiger partial charge in [-0.2, -0.15) is 5.10 Å². The molecule has 0 spiro atoms. The van der Waals surface area contributed by atoms with Crippen LogP contribution >= 0.6 is 11.6 Å². The quantitative estimate of drug-likeness (QED) is 0.882. The number of amides is 1. The van der Waals surface area contributed by atoms with Crippen LogP contribution in [0.15, 0.2) is 30.5 Å². The summed E-state index contributed by atoms with van der Waals surface area (Å²) in [4.78, 5) is 14.3. The first-order chi connectivity index (χ1) is 11.5. The average molecular weight is 350 g/mol. The number of nitrogens with one attached hydrogen (secondary N) is 1. The van der Waals surface area contributed by atoms with Gasteiger partial charge in [0.2, 0.25) is 0 Å². The Morgan fingerprint density at radius 3 is 3.04 bits per heavy atom. The lowest BCUT2D eigenvalue weighted by Gasteiger charge is -2.41. The zero-order chi connectivity index (χ0) is 17.2. The molecule has 24 heavy (non-hydrogen) atoms. The maximum absolute atomic E-state index is 12.6. The molecule has 1 amide bonds. The first-order valence-electron chi connectivity index (χ1n) is 7.81. The van der Waals surface area contributed by atoms with Crippen LogP contribution in [0.5, 0.6) is 0 Å². The molecule has 0 aliphatic carbocycles. The molecule has 1 aliphatic rings. The normalized spacial score (nSPS) is 21.0. The van der Waals surface area contributed by atoms with Crippen LogP contribution in [0, 0.1) is 6.92 Å². The number of rotatable bonds is 4. The number of nitrogens with zero attached hydrogens (tertiary/aromatic N) is 2. The van der Waals surface area contributed by atoms with Crippen molar-refractivity contribution >= 4 is 17.5 Å². The highest BCUT2D eigenvalue weighted by molar-refractivity contribution is 6.33. The molecule has 6 nitrogen and oxygen atoms in total. The van der Waals surface area contributed by atoms with Crippen LogP contribution in [-0.4, -0.2) is 58.0 Å². The van der Waals surface area contributed by atoms with Gasteiger partial charge in [-0.1, -0.05) is 41.4 Å². The van der Waals surface area contributed by atoms with E-state index in [2.05, 4.69) is 16.3 Å². The van der Waals surface area contributed by atoms with Crippen LogP contribution < -0.4 is 0 Å². The summed E-state index contributed by atoms with van der Waals surface area (Å²) in [5.74, 6) is -0.233. The number of ether oxygens (including phenoxy) is 1. The number of morpholine rings is 1. The topological polar surface area (TPSA) is 78.5 Å². The number of hydrogen-bond acceptors (Lipinski definition) is 4. The molecule has 1 aromatic carbocycles. The second-order valence-electron chi connectivity index (χ2n) is 6.18. The molecule has 3 rings (SSSR count). The van der Waals surface area contributed by atoms with Gasteiger partial charge in [-0.15, -0.1) is 0 Å². The zero-order valence-electron chi connectivity index (χ0n) is 13.5. The van der Waals surface area contributed by atoms with Crippen LogP contribution in [0.25, 0.3) is 0 Å². The lowest BCUT2D eigenvalue weighted by atomic mass is 9.92. The Morgan fingerprint density at radius 1 is 1.54 bits per heavy atom. The smallest absolute Gasteiger partial charge is 0.273 e. The number of aromatic nitrogens is 2. The van der Waals surface area contributed by atoms with Crippen molar-refractivity contribution in [1.29, 1.82) is 0 Å². The van der Waals surface area contributed by atoms with Crippen molar-refractivity contribution in [3.63, 3.8) is 0 Å². The molecule has 2 aromatic rings. The number of H-pyrrole nitrogens is 1. The standard InChI is InChI=1S/C17H20ClN3O3/c1-12-3-2-4-13(7-12)8-17(11-22)10-21(5-6-24-17)16(23)15-14(18)9-19-20-15/h2-4,7,9,22H,5-6,8,10-11H2,1H3,(H,19,20). The number of carbonyl (C=O) groups is 1. The molecular formula is C17H20ClN3O3. The summed E-state index contributed by atoms with van der Waals surface area (Å²) in [5.41, 5.74) is 1.67. The summed E-state index contributed by atoms with van der Waals surface area (Å²) in [6, 6.07) is 8.06. The lowest BCUT2D eigenvalue weighted by molar-refractivity contribution is -0.123. The number of carbonyl (C=O) groups excluding carboxylic acids is 1. The van der Waals surface area contributed by atoms with Crippen molar-refractivity contribution < 1.29 is 14.6 Å². The van der Waals surface area contributed by atoms with Gasteiger partial charge in [-0.25, -0.2) is 0 Å². The maximum Gasteiger partial charge on any atom is 0.273 e. The predicted octanol–water partition coefficient (Wildman–Crippen LogP) is 1.82. The fraction of sp³-hybridized carbons (Fsp3) is 0.412. The van der Waals surface area contributed by atoms with Gasteiger partial charge in [0.1, 0.15) is 11.3 Å². The number of aliphatic hydroxyl groups is 1. The molecule has 2 heterocycles. The summed E-state index contributed by atoms with van der Waals surface area (Å²) < 4.78 is 5.88. The first kappa shape index (κ1) is 17.0. The lowest BCUT2D eigenvalue weighted by Crippen LogP contribution is -2.56. The van der Waals surface area contributed by atoms with E-state index < -0.39 is 5.60 Å². The summed E-state index contributed by atoms with van der Waals surface area (Å²) in [5, 5.41) is 16.7. The Hall–Kier alpha value is -1.89. The van der Waals surface area contributed by atoms with E-state index in [-0.39, 0.29) is 18.2 Å². The minimum atomic E-state index is -0.811. The van der Waals surface area contributed by atoms with E-state index in [1.807, 2.05) is 25.1 Å². The molecule has 7 heteroatoms. The molecule has 1 saturated heterocycles. The highest BCUT2D eigenvalue weighted by atomic mass is 35.5. The van der Waals surface area contributed by atoms with Gasteiger partial charge in [-0.05, 0) is 12.5 Å². The Balaban J connectivity index is 1.79. The molecular weight excluding hydrogens is 330 g/mol. The Kier molecular flexibility index (Phi) is 4.89. The Labute approximate surface area is 145 Å². The number of halogens is 1. The maximum atomic E-state index is 12.6. The highest BCUT2D eigenvalue weighted by Crippen LogP contribution is 2.25. The van der Waals surface area contributed by atoms with E-state index >= 15 is 0 Å². The van der Waals surface area contributed by atoms with E-state index in [1.165, 1.54) is 6.20 Å². The van der Waals surface area contributed by atoms with E-state index in [9.17, 15) is 9.90 Å². The number of aliphatic hydroxyl groups excluding tert-OH is 1. The van der Waals surface area contributed by atoms with E-state index in [4.69, 9.17) is 16.3 Å². The fourth-order valence-corrected chi connectivity index (χ4v) is 3.22. The summed E-state index contributed by atoms with van der Waals surface area (Å²) in [6.45, 7) is 2.97. The van der Waals surface area contributed by atoms with Crippen molar-refractivity contribution in [2.45, 2.75) is 18.9 Å². The number of hydrogen-bond donors (Lipinski definition) is 2. The van der Waals surface area contributed by atoms with Crippen molar-refractivity contribution in [1.82, 2.24) is 15.1 Å². The second-order valence-corrected chi connectivity index (χ2v) is 6.58. The van der Waals surface area contributed by atoms with Gasteiger partial charge in [0.15, 0.2) is 0 Å². The average Bonchev–Trinajstić information content (AvgIpc) is 3.00. The highest BCUT2D eigenvalue weighted by Gasteiger charge is 2.39. The number of aromatic amines is 1. The van der Waals surface area contributed by atoms with Crippen molar-refractivity contribution in [2.75, 3.05) is 26.3 Å². The van der Waals surface area contributed by atoms with Crippen molar-refractivity contribution in [3.8, 4) is 0 Å². The monoisotopic (exact) mass is 349 g/mol. The van der Waals surface area contributed by atoms with Crippen LogP contribution in [0.1, 0.15) is 21.6 Å². The predicted molar refractivity (Wildman–Crippen MR) is 90.2 cm³/mol. The van der Waals surface area contributed by atoms with Crippen LogP contribution in [0.2, 0.25) is 5.02 Å². The molecule has 1 aromatic heterocycles. The van der Waals surface area contributed by atoms with Gasteiger partial charge in [-0.3, -0.25) is 9.89 Å². The van der Waals surface area contributed by atoms with Gasteiger partial charge in [0.05, 0.1) is 31.0 Å². The van der Waals surface area contributed by atoms with Crippen molar-refractivity contribution in [3.05, 3.63) is 52.3 Å². The van der Waals surface area contributed by atoms with E-state index in [0.717, 1.165) is 11.1 Å². The molecule has 2 N–H and O–H groups in total. The Bertz CT molecular complexity index is 733. The van der Waals surface area contributed by atoms with Gasteiger partial charge >= 0.3 is 0 Å².